The van der Waals surface area contributed by atoms with Crippen molar-refractivity contribution in [2.24, 2.45) is 5.16 Å². The first kappa shape index (κ1) is 15.1. The van der Waals surface area contributed by atoms with Gasteiger partial charge in [0.2, 0.25) is 0 Å². The first-order valence-corrected chi connectivity index (χ1v) is 7.24. The molecule has 8 heteroatoms. The third-order valence-electron chi connectivity index (χ3n) is 3.43. The van der Waals surface area contributed by atoms with E-state index in [2.05, 4.69) is 25.4 Å². The lowest BCUT2D eigenvalue weighted by atomic mass is 9.99. The molecule has 1 amide bonds. The van der Waals surface area contributed by atoms with Gasteiger partial charge < -0.3 is 10.2 Å². The van der Waals surface area contributed by atoms with Crippen LogP contribution in [0.4, 0.5) is 4.39 Å². The number of nitrogens with one attached hydrogen (secondary N) is 1. The summed E-state index contributed by atoms with van der Waals surface area (Å²) in [6.45, 7) is 0.0989. The van der Waals surface area contributed by atoms with Gasteiger partial charge in [0.1, 0.15) is 17.2 Å². The van der Waals surface area contributed by atoms with Gasteiger partial charge in [-0.25, -0.2) is 9.02 Å². The summed E-state index contributed by atoms with van der Waals surface area (Å²) in [5.41, 5.74) is 2.80. The first-order chi connectivity index (χ1) is 11.2. The maximum atomic E-state index is 12.8. The molecule has 0 aliphatic heterocycles. The summed E-state index contributed by atoms with van der Waals surface area (Å²) in [7, 11) is 0. The van der Waals surface area contributed by atoms with Gasteiger partial charge >= 0.3 is 0 Å². The Morgan fingerprint density at radius 2 is 2.13 bits per heavy atom. The summed E-state index contributed by atoms with van der Waals surface area (Å²) in [5, 5.41) is 14.2. The molecule has 23 heavy (non-hydrogen) atoms. The van der Waals surface area contributed by atoms with Crippen molar-refractivity contribution in [3.05, 3.63) is 47.0 Å². The Balaban J connectivity index is 1.47. The average molecular weight is 318 g/mol. The Morgan fingerprint density at radius 1 is 1.30 bits per heavy atom. The van der Waals surface area contributed by atoms with Crippen molar-refractivity contribution in [1.82, 2.24) is 15.6 Å². The fourth-order valence-electron chi connectivity index (χ4n) is 2.24. The number of carbonyl (C=O) groups is 1. The van der Waals surface area contributed by atoms with E-state index in [9.17, 15) is 9.18 Å². The molecule has 0 bridgehead atoms. The van der Waals surface area contributed by atoms with Gasteiger partial charge in [-0.2, -0.15) is 0 Å². The largest absolute Gasteiger partial charge is 0.385 e. The highest BCUT2D eigenvalue weighted by Crippen LogP contribution is 2.18. The Kier molecular flexibility index (Phi) is 4.60. The highest BCUT2D eigenvalue weighted by Gasteiger charge is 2.21. The van der Waals surface area contributed by atoms with E-state index < -0.39 is 0 Å². The zero-order valence-corrected chi connectivity index (χ0v) is 12.3. The monoisotopic (exact) mass is 318 g/mol. The van der Waals surface area contributed by atoms with Crippen LogP contribution in [0.5, 0.6) is 0 Å². The molecule has 1 aromatic carbocycles. The number of halogens is 1. The van der Waals surface area contributed by atoms with Crippen LogP contribution in [0, 0.1) is 5.82 Å². The quantitative estimate of drug-likeness (QED) is 0.845. The number of hydrogen-bond acceptors (Lipinski definition) is 6. The van der Waals surface area contributed by atoms with Crippen LogP contribution in [-0.4, -0.2) is 28.5 Å². The molecular weight excluding hydrogens is 303 g/mol. The molecule has 7 nitrogen and oxygen atoms in total. The summed E-state index contributed by atoms with van der Waals surface area (Å²) < 4.78 is 17.5. The minimum absolute atomic E-state index is 0.203. The first-order valence-electron chi connectivity index (χ1n) is 7.24. The number of aryl methyl sites for hydroxylation is 1. The van der Waals surface area contributed by atoms with Gasteiger partial charge in [0.15, 0.2) is 12.3 Å². The standard InChI is InChI=1S/C15H15FN4O3/c16-11-6-4-10(5-7-11)8-17-14(21)9-22-18-12-2-1-3-13-15(12)20-23-19-13/h4-7H,1-3,8-9H2,(H,17,21)/b18-12-. The molecule has 1 N–H and O–H groups in total. The molecule has 2 aromatic rings. The highest BCUT2D eigenvalue weighted by atomic mass is 19.1. The number of fused-ring (bicyclic) bond motifs is 1. The maximum Gasteiger partial charge on any atom is 0.261 e. The van der Waals surface area contributed by atoms with Crippen molar-refractivity contribution in [1.29, 1.82) is 0 Å². The Hall–Kier alpha value is -2.77. The van der Waals surface area contributed by atoms with Crippen LogP contribution in [-0.2, 0) is 22.6 Å². The fraction of sp³-hybridized carbons (Fsp3) is 0.333. The zero-order valence-electron chi connectivity index (χ0n) is 12.3. The van der Waals surface area contributed by atoms with Gasteiger partial charge in [0.25, 0.3) is 5.91 Å². The molecule has 0 saturated carbocycles. The number of carbonyl (C=O) groups excluding carboxylic acids is 1. The van der Waals surface area contributed by atoms with Gasteiger partial charge in [0.05, 0.1) is 0 Å². The molecule has 120 valence electrons. The molecule has 0 atom stereocenters. The lowest BCUT2D eigenvalue weighted by Crippen LogP contribution is -2.26. The van der Waals surface area contributed by atoms with Crippen molar-refractivity contribution in [3.8, 4) is 0 Å². The third kappa shape index (κ3) is 3.91. The van der Waals surface area contributed by atoms with Crippen molar-refractivity contribution >= 4 is 11.6 Å². The molecule has 0 unspecified atom stereocenters. The molecular formula is C15H15FN4O3. The second kappa shape index (κ2) is 6.99. The summed E-state index contributed by atoms with van der Waals surface area (Å²) >= 11 is 0. The summed E-state index contributed by atoms with van der Waals surface area (Å²) in [6, 6.07) is 5.91. The zero-order chi connectivity index (χ0) is 16.1. The van der Waals surface area contributed by atoms with Crippen LogP contribution < -0.4 is 5.32 Å². The van der Waals surface area contributed by atoms with E-state index in [4.69, 9.17) is 4.84 Å². The van der Waals surface area contributed by atoms with Crippen molar-refractivity contribution in [2.75, 3.05) is 6.61 Å². The van der Waals surface area contributed by atoms with E-state index in [0.29, 0.717) is 24.4 Å². The maximum absolute atomic E-state index is 12.8. The van der Waals surface area contributed by atoms with Crippen molar-refractivity contribution < 1.29 is 18.7 Å². The summed E-state index contributed by atoms with van der Waals surface area (Å²) in [4.78, 5) is 16.8. The number of rotatable bonds is 5. The van der Waals surface area contributed by atoms with Crippen LogP contribution in [0.15, 0.2) is 34.1 Å². The van der Waals surface area contributed by atoms with E-state index >= 15 is 0 Å². The molecule has 1 aromatic heterocycles. The van der Waals surface area contributed by atoms with Crippen LogP contribution in [0.25, 0.3) is 0 Å². The number of aromatic nitrogens is 2. The van der Waals surface area contributed by atoms with E-state index in [-0.39, 0.29) is 18.3 Å². The predicted octanol–water partition coefficient (Wildman–Crippen LogP) is 1.58. The fourth-order valence-corrected chi connectivity index (χ4v) is 2.24. The number of amides is 1. The smallest absolute Gasteiger partial charge is 0.261 e. The van der Waals surface area contributed by atoms with Crippen LogP contribution >= 0.6 is 0 Å². The number of nitrogens with zero attached hydrogens (tertiary/aromatic N) is 3. The third-order valence-corrected chi connectivity index (χ3v) is 3.43. The summed E-state index contributed by atoms with van der Waals surface area (Å²) in [5.74, 6) is -0.624. The minimum atomic E-state index is -0.312. The van der Waals surface area contributed by atoms with Gasteiger partial charge in [-0.05, 0) is 42.1 Å². The van der Waals surface area contributed by atoms with Gasteiger partial charge in [-0.3, -0.25) is 4.79 Å². The number of benzene rings is 1. The highest BCUT2D eigenvalue weighted by molar-refractivity contribution is 6.00. The molecule has 0 fully saturated rings. The van der Waals surface area contributed by atoms with Gasteiger partial charge in [0, 0.05) is 6.54 Å². The second-order valence-electron chi connectivity index (χ2n) is 5.13. The normalized spacial score (nSPS) is 15.3. The second-order valence-corrected chi connectivity index (χ2v) is 5.13. The Labute approximate surface area is 131 Å². The van der Waals surface area contributed by atoms with Crippen LogP contribution in [0.3, 0.4) is 0 Å². The van der Waals surface area contributed by atoms with E-state index in [0.717, 1.165) is 24.1 Å². The lowest BCUT2D eigenvalue weighted by molar-refractivity contribution is -0.125. The molecule has 0 radical (unpaired) electrons. The Bertz CT molecular complexity index is 712. The van der Waals surface area contributed by atoms with E-state index in [1.54, 1.807) is 12.1 Å². The molecule has 0 saturated heterocycles. The van der Waals surface area contributed by atoms with Crippen LogP contribution in [0.1, 0.15) is 29.8 Å². The van der Waals surface area contributed by atoms with Gasteiger partial charge in [-0.15, -0.1) is 0 Å². The SMILES string of the molecule is O=C(CO/N=C1/CCCc2nonc21)NCc1ccc(F)cc1. The predicted molar refractivity (Wildman–Crippen MR) is 78.0 cm³/mol. The summed E-state index contributed by atoms with van der Waals surface area (Å²) in [6.07, 6.45) is 2.40. The molecule has 1 heterocycles. The molecule has 3 rings (SSSR count). The Morgan fingerprint density at radius 3 is 2.96 bits per heavy atom. The van der Waals surface area contributed by atoms with E-state index in [1.165, 1.54) is 12.1 Å². The van der Waals surface area contributed by atoms with Crippen molar-refractivity contribution in [3.63, 3.8) is 0 Å². The molecule has 1 aliphatic rings. The van der Waals surface area contributed by atoms with E-state index in [1.807, 2.05) is 0 Å². The number of oxime groups is 1. The van der Waals surface area contributed by atoms with Crippen LogP contribution in [0.2, 0.25) is 0 Å². The lowest BCUT2D eigenvalue weighted by Gasteiger charge is -2.09. The number of hydrogen-bond donors (Lipinski definition) is 1. The molecule has 0 spiro atoms. The average Bonchev–Trinajstić information content (AvgIpc) is 3.04. The van der Waals surface area contributed by atoms with Gasteiger partial charge in [-0.1, -0.05) is 22.4 Å². The molecule has 1 aliphatic carbocycles. The van der Waals surface area contributed by atoms with Crippen molar-refractivity contribution in [2.45, 2.75) is 25.8 Å². The topological polar surface area (TPSA) is 89.6 Å². The minimum Gasteiger partial charge on any atom is -0.385 e.